The fourth-order valence-corrected chi connectivity index (χ4v) is 1.97. The zero-order chi connectivity index (χ0) is 15.3. The molecule has 0 bridgehead atoms. The summed E-state index contributed by atoms with van der Waals surface area (Å²) in [4.78, 5) is 21.7. The van der Waals surface area contributed by atoms with Crippen molar-refractivity contribution in [2.24, 2.45) is 0 Å². The summed E-state index contributed by atoms with van der Waals surface area (Å²) in [6.07, 6.45) is -2.09. The number of aliphatic hydroxyl groups is 2. The molecule has 20 heavy (non-hydrogen) atoms. The van der Waals surface area contributed by atoms with Gasteiger partial charge in [0.1, 0.15) is 6.10 Å². The van der Waals surface area contributed by atoms with Crippen molar-refractivity contribution >= 4 is 11.9 Å². The Morgan fingerprint density at radius 1 is 1.30 bits per heavy atom. The summed E-state index contributed by atoms with van der Waals surface area (Å²) in [5, 5.41) is 31.5. The predicted octanol–water partition coefficient (Wildman–Crippen LogP) is 0.614. The van der Waals surface area contributed by atoms with Crippen LogP contribution < -0.4 is 5.32 Å². The van der Waals surface area contributed by atoms with Crippen LogP contribution in [0.1, 0.15) is 40.9 Å². The molecule has 0 saturated carbocycles. The second kappa shape index (κ2) is 7.02. The molecule has 0 aliphatic rings. The van der Waals surface area contributed by atoms with E-state index in [9.17, 15) is 19.8 Å². The third-order valence-corrected chi connectivity index (χ3v) is 3.10. The highest BCUT2D eigenvalue weighted by atomic mass is 16.4. The highest BCUT2D eigenvalue weighted by molar-refractivity contribution is 5.89. The lowest BCUT2D eigenvalue weighted by atomic mass is 9.94. The van der Waals surface area contributed by atoms with Gasteiger partial charge < -0.3 is 20.6 Å². The van der Waals surface area contributed by atoms with Gasteiger partial charge in [0.25, 0.3) is 0 Å². The normalized spacial score (nSPS) is 13.6. The van der Waals surface area contributed by atoms with Gasteiger partial charge in [-0.05, 0) is 30.5 Å². The van der Waals surface area contributed by atoms with Crippen LogP contribution >= 0.6 is 0 Å². The van der Waals surface area contributed by atoms with Gasteiger partial charge in [0.05, 0.1) is 11.7 Å². The van der Waals surface area contributed by atoms with E-state index in [-0.39, 0.29) is 24.4 Å². The molecule has 110 valence electrons. The summed E-state index contributed by atoms with van der Waals surface area (Å²) in [6.45, 7) is 3.19. The SMILES string of the molecule is CC(=O)NCCC(O)C(O)c1cccc(C(=O)O)c1C. The smallest absolute Gasteiger partial charge is 0.335 e. The van der Waals surface area contributed by atoms with Crippen LogP contribution in [-0.4, -0.2) is 39.8 Å². The van der Waals surface area contributed by atoms with Crippen LogP contribution in [0.3, 0.4) is 0 Å². The van der Waals surface area contributed by atoms with Crippen molar-refractivity contribution in [3.8, 4) is 0 Å². The Labute approximate surface area is 117 Å². The van der Waals surface area contributed by atoms with Crippen molar-refractivity contribution in [2.75, 3.05) is 6.54 Å². The molecule has 0 radical (unpaired) electrons. The second-order valence-corrected chi connectivity index (χ2v) is 4.61. The Bertz CT molecular complexity index is 500. The van der Waals surface area contributed by atoms with Crippen LogP contribution in [0.5, 0.6) is 0 Å². The molecule has 1 amide bonds. The molecule has 1 aromatic rings. The first-order valence-corrected chi connectivity index (χ1v) is 6.28. The molecule has 0 heterocycles. The molecule has 0 aliphatic carbocycles. The monoisotopic (exact) mass is 281 g/mol. The van der Waals surface area contributed by atoms with E-state index in [1.807, 2.05) is 0 Å². The number of carboxylic acid groups (broad SMARTS) is 1. The lowest BCUT2D eigenvalue weighted by Gasteiger charge is -2.20. The van der Waals surface area contributed by atoms with Crippen LogP contribution in [0.15, 0.2) is 18.2 Å². The number of rotatable bonds is 6. The molecule has 6 heteroatoms. The lowest BCUT2D eigenvalue weighted by Crippen LogP contribution is -2.28. The summed E-state index contributed by atoms with van der Waals surface area (Å²) in [5.41, 5.74) is 0.891. The number of carbonyl (C=O) groups excluding carboxylic acids is 1. The molecular formula is C14H19NO5. The van der Waals surface area contributed by atoms with E-state index in [0.29, 0.717) is 11.1 Å². The molecule has 0 aromatic heterocycles. The lowest BCUT2D eigenvalue weighted by molar-refractivity contribution is -0.119. The van der Waals surface area contributed by atoms with Gasteiger partial charge in [0, 0.05) is 13.5 Å². The third-order valence-electron chi connectivity index (χ3n) is 3.10. The zero-order valence-electron chi connectivity index (χ0n) is 11.5. The van der Waals surface area contributed by atoms with Gasteiger partial charge in [-0.2, -0.15) is 0 Å². The van der Waals surface area contributed by atoms with Crippen molar-refractivity contribution < 1.29 is 24.9 Å². The quantitative estimate of drug-likeness (QED) is 0.611. The minimum atomic E-state index is -1.19. The van der Waals surface area contributed by atoms with Crippen LogP contribution in [0.2, 0.25) is 0 Å². The summed E-state index contributed by atoms with van der Waals surface area (Å²) < 4.78 is 0. The first kappa shape index (κ1) is 16.1. The average molecular weight is 281 g/mol. The van der Waals surface area contributed by atoms with E-state index >= 15 is 0 Å². The van der Waals surface area contributed by atoms with Crippen LogP contribution in [-0.2, 0) is 4.79 Å². The van der Waals surface area contributed by atoms with E-state index < -0.39 is 18.2 Å². The maximum Gasteiger partial charge on any atom is 0.335 e. The number of hydrogen-bond donors (Lipinski definition) is 4. The van der Waals surface area contributed by atoms with E-state index in [2.05, 4.69) is 5.32 Å². The molecule has 4 N–H and O–H groups in total. The molecule has 0 fully saturated rings. The largest absolute Gasteiger partial charge is 0.478 e. The van der Waals surface area contributed by atoms with Crippen molar-refractivity contribution in [2.45, 2.75) is 32.5 Å². The number of carbonyl (C=O) groups is 2. The number of carboxylic acids is 1. The fraction of sp³-hybridized carbons (Fsp3) is 0.429. The van der Waals surface area contributed by atoms with Crippen LogP contribution in [0.4, 0.5) is 0 Å². The summed E-state index contributed by atoms with van der Waals surface area (Å²) in [6, 6.07) is 4.54. The maximum absolute atomic E-state index is 11.0. The van der Waals surface area contributed by atoms with Crippen molar-refractivity contribution in [1.29, 1.82) is 0 Å². The number of amides is 1. The Balaban J connectivity index is 2.81. The van der Waals surface area contributed by atoms with Gasteiger partial charge in [-0.3, -0.25) is 4.79 Å². The Kier molecular flexibility index (Phi) is 5.66. The van der Waals surface area contributed by atoms with Crippen molar-refractivity contribution in [3.63, 3.8) is 0 Å². The molecule has 0 aliphatic heterocycles. The van der Waals surface area contributed by atoms with E-state index in [1.54, 1.807) is 13.0 Å². The van der Waals surface area contributed by atoms with Crippen LogP contribution in [0.25, 0.3) is 0 Å². The number of aromatic carboxylic acids is 1. The first-order chi connectivity index (χ1) is 9.34. The van der Waals surface area contributed by atoms with Gasteiger partial charge in [-0.25, -0.2) is 4.79 Å². The molecular weight excluding hydrogens is 262 g/mol. The highest BCUT2D eigenvalue weighted by Crippen LogP contribution is 2.24. The molecule has 0 saturated heterocycles. The Hall–Kier alpha value is -1.92. The third kappa shape index (κ3) is 4.04. The standard InChI is InChI=1S/C14H19NO5/c1-8-10(4-3-5-11(8)14(19)20)13(18)12(17)6-7-15-9(2)16/h3-5,12-13,17-18H,6-7H2,1-2H3,(H,15,16)(H,19,20). The zero-order valence-corrected chi connectivity index (χ0v) is 11.5. The number of benzene rings is 1. The van der Waals surface area contributed by atoms with Crippen molar-refractivity contribution in [1.82, 2.24) is 5.32 Å². The molecule has 0 spiro atoms. The number of aliphatic hydroxyl groups excluding tert-OH is 2. The van der Waals surface area contributed by atoms with Gasteiger partial charge >= 0.3 is 5.97 Å². The molecule has 2 atom stereocenters. The topological polar surface area (TPSA) is 107 Å². The first-order valence-electron chi connectivity index (χ1n) is 6.28. The molecule has 6 nitrogen and oxygen atoms in total. The molecule has 2 unspecified atom stereocenters. The van der Waals surface area contributed by atoms with Crippen molar-refractivity contribution in [3.05, 3.63) is 34.9 Å². The van der Waals surface area contributed by atoms with Crippen LogP contribution in [0, 0.1) is 6.92 Å². The van der Waals surface area contributed by atoms with E-state index in [1.165, 1.54) is 19.1 Å². The van der Waals surface area contributed by atoms with Gasteiger partial charge in [0.2, 0.25) is 5.91 Å². The van der Waals surface area contributed by atoms with E-state index in [4.69, 9.17) is 5.11 Å². The minimum Gasteiger partial charge on any atom is -0.478 e. The average Bonchev–Trinajstić information content (AvgIpc) is 2.37. The van der Waals surface area contributed by atoms with E-state index in [0.717, 1.165) is 0 Å². The summed E-state index contributed by atoms with van der Waals surface area (Å²) in [7, 11) is 0. The number of hydrogen-bond acceptors (Lipinski definition) is 4. The highest BCUT2D eigenvalue weighted by Gasteiger charge is 2.22. The van der Waals surface area contributed by atoms with Gasteiger partial charge in [0.15, 0.2) is 0 Å². The summed E-state index contributed by atoms with van der Waals surface area (Å²) in [5.74, 6) is -1.29. The summed E-state index contributed by atoms with van der Waals surface area (Å²) >= 11 is 0. The van der Waals surface area contributed by atoms with Gasteiger partial charge in [-0.1, -0.05) is 12.1 Å². The molecule has 1 aromatic carbocycles. The fourth-order valence-electron chi connectivity index (χ4n) is 1.97. The molecule has 1 rings (SSSR count). The Morgan fingerprint density at radius 3 is 2.50 bits per heavy atom. The second-order valence-electron chi connectivity index (χ2n) is 4.61. The number of nitrogens with one attached hydrogen (secondary N) is 1. The maximum atomic E-state index is 11.0. The predicted molar refractivity (Wildman–Crippen MR) is 72.4 cm³/mol. The Morgan fingerprint density at radius 2 is 1.95 bits per heavy atom. The minimum absolute atomic E-state index is 0.0932. The van der Waals surface area contributed by atoms with Gasteiger partial charge in [-0.15, -0.1) is 0 Å².